The smallest absolute Gasteiger partial charge is 0.308 e. The highest BCUT2D eigenvalue weighted by molar-refractivity contribution is 6.33. The number of non-ortho nitro benzene ring substituents is 1. The maximum atomic E-state index is 12.7. The Morgan fingerprint density at radius 3 is 2.24 bits per heavy atom. The van der Waals surface area contributed by atoms with Crippen LogP contribution >= 0.6 is 11.6 Å². The summed E-state index contributed by atoms with van der Waals surface area (Å²) in [4.78, 5) is 47.4. The van der Waals surface area contributed by atoms with E-state index < -0.39 is 35.4 Å². The van der Waals surface area contributed by atoms with Crippen molar-refractivity contribution >= 4 is 40.8 Å². The fourth-order valence-electron chi connectivity index (χ4n) is 3.05. The Balaban J connectivity index is 1.59. The Labute approximate surface area is 199 Å². The lowest BCUT2D eigenvalue weighted by molar-refractivity contribution is -0.384. The van der Waals surface area contributed by atoms with E-state index in [2.05, 4.69) is 10.6 Å². The first-order valence-corrected chi connectivity index (χ1v) is 10.5. The minimum atomic E-state index is -0.713. The van der Waals surface area contributed by atoms with Crippen molar-refractivity contribution in [3.63, 3.8) is 0 Å². The van der Waals surface area contributed by atoms with E-state index in [1.165, 1.54) is 24.3 Å². The van der Waals surface area contributed by atoms with E-state index in [-0.39, 0.29) is 22.7 Å². The molecule has 0 spiro atoms. The maximum Gasteiger partial charge on any atom is 0.308 e. The molecule has 0 aliphatic carbocycles. The highest BCUT2D eigenvalue weighted by Gasteiger charge is 2.21. The van der Waals surface area contributed by atoms with Crippen molar-refractivity contribution < 1.29 is 24.0 Å². The Hall–Kier alpha value is -4.24. The summed E-state index contributed by atoms with van der Waals surface area (Å²) in [6.45, 7) is -0.560. The molecule has 174 valence electrons. The topological polar surface area (TPSA) is 128 Å². The molecule has 0 aliphatic heterocycles. The molecule has 34 heavy (non-hydrogen) atoms. The van der Waals surface area contributed by atoms with Crippen molar-refractivity contribution in [2.75, 3.05) is 11.9 Å². The molecule has 0 aromatic heterocycles. The zero-order chi connectivity index (χ0) is 24.5. The highest BCUT2D eigenvalue weighted by Crippen LogP contribution is 2.21. The molecule has 3 rings (SSSR count). The third-order valence-corrected chi connectivity index (χ3v) is 5.05. The van der Waals surface area contributed by atoms with E-state index in [1.807, 2.05) is 0 Å². The molecule has 0 saturated heterocycles. The highest BCUT2D eigenvalue weighted by atomic mass is 35.5. The van der Waals surface area contributed by atoms with Crippen molar-refractivity contribution in [3.8, 4) is 0 Å². The van der Waals surface area contributed by atoms with Crippen molar-refractivity contribution in [1.82, 2.24) is 5.32 Å². The van der Waals surface area contributed by atoms with Gasteiger partial charge in [-0.15, -0.1) is 0 Å². The van der Waals surface area contributed by atoms with Gasteiger partial charge in [0, 0.05) is 17.8 Å². The van der Waals surface area contributed by atoms with Crippen molar-refractivity contribution in [1.29, 1.82) is 0 Å². The van der Waals surface area contributed by atoms with Crippen LogP contribution in [0, 0.1) is 10.1 Å². The summed E-state index contributed by atoms with van der Waals surface area (Å²) in [7, 11) is 0. The monoisotopic (exact) mass is 481 g/mol. The van der Waals surface area contributed by atoms with Gasteiger partial charge in [-0.2, -0.15) is 0 Å². The maximum absolute atomic E-state index is 12.7. The molecule has 10 heteroatoms. The summed E-state index contributed by atoms with van der Waals surface area (Å²) in [5, 5.41) is 16.2. The van der Waals surface area contributed by atoms with Crippen LogP contribution in [0.5, 0.6) is 0 Å². The number of nitro benzene ring substituents is 1. The van der Waals surface area contributed by atoms with E-state index in [0.29, 0.717) is 11.3 Å². The average Bonchev–Trinajstić information content (AvgIpc) is 2.83. The van der Waals surface area contributed by atoms with Gasteiger partial charge in [-0.1, -0.05) is 54.1 Å². The standard InChI is InChI=1S/C24H20ClN3O6/c25-20-9-5-4-8-19(20)24(31)27-21(16-6-2-1-3-7-16)14-23(30)34-15-22(29)26-17-10-12-18(13-11-17)28(32)33/h1-13,21H,14-15H2,(H,26,29)(H,27,31). The number of hydrogen-bond donors (Lipinski definition) is 2. The van der Waals surface area contributed by atoms with Crippen LogP contribution in [0.1, 0.15) is 28.4 Å². The van der Waals surface area contributed by atoms with Gasteiger partial charge >= 0.3 is 5.97 Å². The molecule has 1 unspecified atom stereocenters. The number of esters is 1. The first kappa shape index (κ1) is 24.4. The molecule has 9 nitrogen and oxygen atoms in total. The SMILES string of the molecule is O=C(COC(=O)CC(NC(=O)c1ccccc1Cl)c1ccccc1)Nc1ccc([N+](=O)[O-])cc1. The fraction of sp³-hybridized carbons (Fsp3) is 0.125. The first-order valence-electron chi connectivity index (χ1n) is 10.1. The van der Waals surface area contributed by atoms with Crippen LogP contribution in [0.2, 0.25) is 5.02 Å². The van der Waals surface area contributed by atoms with Gasteiger partial charge < -0.3 is 15.4 Å². The van der Waals surface area contributed by atoms with Crippen LogP contribution in [0.3, 0.4) is 0 Å². The number of halogens is 1. The summed E-state index contributed by atoms with van der Waals surface area (Å²) in [5.74, 6) is -1.77. The third kappa shape index (κ3) is 6.88. The van der Waals surface area contributed by atoms with Gasteiger partial charge in [0.1, 0.15) is 0 Å². The lowest BCUT2D eigenvalue weighted by Crippen LogP contribution is -2.31. The van der Waals surface area contributed by atoms with E-state index in [9.17, 15) is 24.5 Å². The minimum absolute atomic E-state index is 0.116. The number of hydrogen-bond acceptors (Lipinski definition) is 6. The van der Waals surface area contributed by atoms with E-state index in [0.717, 1.165) is 0 Å². The molecule has 0 heterocycles. The van der Waals surface area contributed by atoms with E-state index in [1.54, 1.807) is 54.6 Å². The third-order valence-electron chi connectivity index (χ3n) is 4.72. The molecule has 2 N–H and O–H groups in total. The Bertz CT molecular complexity index is 1180. The number of nitro groups is 1. The van der Waals surface area contributed by atoms with Gasteiger partial charge in [-0.05, 0) is 29.8 Å². The summed E-state index contributed by atoms with van der Waals surface area (Å²) >= 11 is 6.10. The van der Waals surface area contributed by atoms with Crippen LogP contribution in [-0.2, 0) is 14.3 Å². The van der Waals surface area contributed by atoms with Gasteiger partial charge in [0.15, 0.2) is 6.61 Å². The van der Waals surface area contributed by atoms with Crippen molar-refractivity contribution in [3.05, 3.63) is 105 Å². The van der Waals surface area contributed by atoms with Crippen LogP contribution in [-0.4, -0.2) is 29.3 Å². The second-order valence-corrected chi connectivity index (χ2v) is 7.54. The number of anilines is 1. The normalized spacial score (nSPS) is 11.2. The summed E-state index contributed by atoms with van der Waals surface area (Å²) in [6, 6.07) is 19.9. The van der Waals surface area contributed by atoms with Gasteiger partial charge in [0.2, 0.25) is 0 Å². The number of benzene rings is 3. The lowest BCUT2D eigenvalue weighted by Gasteiger charge is -2.19. The molecule has 0 saturated carbocycles. The number of amides is 2. The number of carbonyl (C=O) groups is 3. The molecule has 0 aliphatic rings. The zero-order valence-corrected chi connectivity index (χ0v) is 18.5. The number of carbonyl (C=O) groups excluding carboxylic acids is 3. The summed E-state index contributed by atoms with van der Waals surface area (Å²) in [6.07, 6.45) is -0.217. The molecule has 0 fully saturated rings. The molecule has 2 amide bonds. The Morgan fingerprint density at radius 1 is 0.941 bits per heavy atom. The number of nitrogens with one attached hydrogen (secondary N) is 2. The quantitative estimate of drug-likeness (QED) is 0.266. The Morgan fingerprint density at radius 2 is 1.59 bits per heavy atom. The first-order chi connectivity index (χ1) is 16.3. The van der Waals surface area contributed by atoms with E-state index in [4.69, 9.17) is 16.3 Å². The largest absolute Gasteiger partial charge is 0.455 e. The fourth-order valence-corrected chi connectivity index (χ4v) is 3.28. The van der Waals surface area contributed by atoms with Crippen LogP contribution < -0.4 is 10.6 Å². The molecular formula is C24H20ClN3O6. The number of ether oxygens (including phenoxy) is 1. The zero-order valence-electron chi connectivity index (χ0n) is 17.8. The predicted octanol–water partition coefficient (Wildman–Crippen LogP) is 4.29. The second-order valence-electron chi connectivity index (χ2n) is 7.13. The minimum Gasteiger partial charge on any atom is -0.455 e. The van der Waals surface area contributed by atoms with Crippen LogP contribution in [0.15, 0.2) is 78.9 Å². The van der Waals surface area contributed by atoms with Crippen molar-refractivity contribution in [2.24, 2.45) is 0 Å². The summed E-state index contributed by atoms with van der Waals surface area (Å²) in [5.41, 5.74) is 1.15. The number of nitrogens with zero attached hydrogens (tertiary/aromatic N) is 1. The Kier molecular flexibility index (Phi) is 8.31. The number of rotatable bonds is 9. The van der Waals surface area contributed by atoms with Crippen LogP contribution in [0.4, 0.5) is 11.4 Å². The van der Waals surface area contributed by atoms with Gasteiger partial charge in [0.05, 0.1) is 28.0 Å². The van der Waals surface area contributed by atoms with Crippen LogP contribution in [0.25, 0.3) is 0 Å². The lowest BCUT2D eigenvalue weighted by atomic mass is 10.0. The molecule has 3 aromatic rings. The summed E-state index contributed by atoms with van der Waals surface area (Å²) < 4.78 is 5.06. The van der Waals surface area contributed by atoms with Gasteiger partial charge in [-0.3, -0.25) is 24.5 Å². The van der Waals surface area contributed by atoms with E-state index >= 15 is 0 Å². The van der Waals surface area contributed by atoms with Gasteiger partial charge in [0.25, 0.3) is 17.5 Å². The average molecular weight is 482 g/mol. The molecule has 1 atom stereocenters. The van der Waals surface area contributed by atoms with Gasteiger partial charge in [-0.25, -0.2) is 0 Å². The predicted molar refractivity (Wildman–Crippen MR) is 125 cm³/mol. The molecule has 3 aromatic carbocycles. The van der Waals surface area contributed by atoms with Crippen molar-refractivity contribution in [2.45, 2.75) is 12.5 Å². The molecule has 0 bridgehead atoms. The molecule has 0 radical (unpaired) electrons. The molecular weight excluding hydrogens is 462 g/mol. The second kappa shape index (κ2) is 11.6.